The van der Waals surface area contributed by atoms with Crippen LogP contribution >= 0.6 is 23.1 Å². The van der Waals surface area contributed by atoms with Gasteiger partial charge in [0.2, 0.25) is 11.7 Å². The highest BCUT2D eigenvalue weighted by Crippen LogP contribution is 2.34. The van der Waals surface area contributed by atoms with Crippen molar-refractivity contribution in [1.29, 1.82) is 0 Å². The van der Waals surface area contributed by atoms with E-state index in [0.717, 1.165) is 27.9 Å². The molecule has 3 aromatic heterocycles. The first-order valence-electron chi connectivity index (χ1n) is 9.57. The van der Waals surface area contributed by atoms with Gasteiger partial charge in [-0.1, -0.05) is 30.8 Å². The van der Waals surface area contributed by atoms with Crippen molar-refractivity contribution in [1.82, 2.24) is 19.6 Å². The third-order valence-corrected chi connectivity index (χ3v) is 6.93. The predicted molar refractivity (Wildman–Crippen MR) is 119 cm³/mol. The summed E-state index contributed by atoms with van der Waals surface area (Å²) < 4.78 is 7.07. The monoisotopic (exact) mass is 443 g/mol. The van der Waals surface area contributed by atoms with Crippen LogP contribution in [0.5, 0.6) is 0 Å². The molecule has 0 aliphatic carbocycles. The van der Waals surface area contributed by atoms with Gasteiger partial charge in [-0.25, -0.2) is 14.9 Å². The third kappa shape index (κ3) is 3.68. The molecule has 30 heavy (non-hydrogen) atoms. The van der Waals surface area contributed by atoms with Crippen LogP contribution in [0.3, 0.4) is 0 Å². The molecular weight excluding hydrogens is 422 g/mol. The van der Waals surface area contributed by atoms with Gasteiger partial charge in [0.15, 0.2) is 5.16 Å². The molecule has 0 spiro atoms. The zero-order valence-corrected chi connectivity index (χ0v) is 18.4. The number of anilines is 1. The van der Waals surface area contributed by atoms with E-state index in [1.165, 1.54) is 23.1 Å². The maximum absolute atomic E-state index is 12.6. The van der Waals surface area contributed by atoms with Crippen molar-refractivity contribution in [3.05, 3.63) is 40.3 Å². The number of amides is 1. The SMILES string of the molecule is CCOC(=O)c1c(NC(=O)CSc2n[nH]c3nc4ccccc4n23)sc(CC)c1C. The molecule has 0 unspecified atom stereocenters. The Kier molecular flexibility index (Phi) is 5.78. The number of benzene rings is 1. The van der Waals surface area contributed by atoms with Gasteiger partial charge in [-0.05, 0) is 38.0 Å². The number of hydrogen-bond donors (Lipinski definition) is 2. The summed E-state index contributed by atoms with van der Waals surface area (Å²) >= 11 is 2.72. The Morgan fingerprint density at radius 3 is 2.87 bits per heavy atom. The fourth-order valence-corrected chi connectivity index (χ4v) is 5.17. The van der Waals surface area contributed by atoms with Gasteiger partial charge in [0.05, 0.1) is 29.0 Å². The molecule has 0 saturated heterocycles. The molecule has 0 aliphatic rings. The Labute approximate surface area is 181 Å². The van der Waals surface area contributed by atoms with Gasteiger partial charge in [0.1, 0.15) is 5.00 Å². The van der Waals surface area contributed by atoms with Crippen molar-refractivity contribution in [2.45, 2.75) is 32.3 Å². The number of aromatic nitrogens is 4. The van der Waals surface area contributed by atoms with Crippen LogP contribution in [-0.4, -0.2) is 43.8 Å². The number of nitrogens with one attached hydrogen (secondary N) is 2. The number of aromatic amines is 1. The first-order chi connectivity index (χ1) is 14.5. The molecule has 0 bridgehead atoms. The van der Waals surface area contributed by atoms with Gasteiger partial charge in [-0.3, -0.25) is 9.20 Å². The molecule has 8 nitrogen and oxygen atoms in total. The second-order valence-electron chi connectivity index (χ2n) is 6.53. The minimum Gasteiger partial charge on any atom is -0.462 e. The standard InChI is InChI=1S/C20H21N5O3S2/c1-4-14-11(3)16(18(27)28-5-2)17(30-14)22-15(26)10-29-20-24-23-19-21-12-8-6-7-9-13(12)25(19)20/h6-9H,4-5,10H2,1-3H3,(H,21,23)(H,22,26). The first-order valence-corrected chi connectivity index (χ1v) is 11.4. The molecule has 1 amide bonds. The zero-order valence-electron chi connectivity index (χ0n) is 16.8. The van der Waals surface area contributed by atoms with Gasteiger partial charge < -0.3 is 10.1 Å². The highest BCUT2D eigenvalue weighted by atomic mass is 32.2. The second-order valence-corrected chi connectivity index (χ2v) is 8.58. The average molecular weight is 444 g/mol. The van der Waals surface area contributed by atoms with Gasteiger partial charge in [-0.2, -0.15) is 0 Å². The summed E-state index contributed by atoms with van der Waals surface area (Å²) in [5.74, 6) is 0.153. The molecule has 0 radical (unpaired) electrons. The lowest BCUT2D eigenvalue weighted by atomic mass is 10.1. The van der Waals surface area contributed by atoms with Gasteiger partial charge in [-0.15, -0.1) is 16.4 Å². The summed E-state index contributed by atoms with van der Waals surface area (Å²) in [5, 5.41) is 11.2. The minimum atomic E-state index is -0.409. The Morgan fingerprint density at radius 2 is 2.10 bits per heavy atom. The molecule has 3 heterocycles. The summed E-state index contributed by atoms with van der Waals surface area (Å²) in [6.07, 6.45) is 0.784. The van der Waals surface area contributed by atoms with Crippen molar-refractivity contribution in [3.63, 3.8) is 0 Å². The Balaban J connectivity index is 1.52. The number of carbonyl (C=O) groups is 2. The molecule has 2 N–H and O–H groups in total. The van der Waals surface area contributed by atoms with E-state index in [1.807, 2.05) is 42.5 Å². The summed E-state index contributed by atoms with van der Waals surface area (Å²) in [4.78, 5) is 30.6. The van der Waals surface area contributed by atoms with Crippen molar-refractivity contribution >= 4 is 56.8 Å². The highest BCUT2D eigenvalue weighted by molar-refractivity contribution is 7.99. The smallest absolute Gasteiger partial charge is 0.341 e. The van der Waals surface area contributed by atoms with Crippen LogP contribution in [0, 0.1) is 6.92 Å². The van der Waals surface area contributed by atoms with Crippen molar-refractivity contribution in [2.24, 2.45) is 0 Å². The number of aryl methyl sites for hydroxylation is 1. The van der Waals surface area contributed by atoms with E-state index in [-0.39, 0.29) is 18.3 Å². The fourth-order valence-electron chi connectivity index (χ4n) is 3.27. The fraction of sp³-hybridized carbons (Fsp3) is 0.300. The summed E-state index contributed by atoms with van der Waals surface area (Å²) in [5.41, 5.74) is 3.09. The first kappa shape index (κ1) is 20.4. The molecule has 4 rings (SSSR count). The van der Waals surface area contributed by atoms with E-state index in [9.17, 15) is 9.59 Å². The number of hydrogen-bond acceptors (Lipinski definition) is 7. The topological polar surface area (TPSA) is 101 Å². The maximum atomic E-state index is 12.6. The molecular formula is C20H21N5O3S2. The van der Waals surface area contributed by atoms with Gasteiger partial charge in [0.25, 0.3) is 0 Å². The maximum Gasteiger partial charge on any atom is 0.341 e. The number of thioether (sulfide) groups is 1. The zero-order chi connectivity index (χ0) is 21.3. The van der Waals surface area contributed by atoms with Crippen LogP contribution in [0.2, 0.25) is 0 Å². The number of nitrogens with zero attached hydrogens (tertiary/aromatic N) is 3. The lowest BCUT2D eigenvalue weighted by Gasteiger charge is -2.07. The predicted octanol–water partition coefficient (Wildman–Crippen LogP) is 4.05. The van der Waals surface area contributed by atoms with E-state index in [0.29, 0.717) is 21.5 Å². The van der Waals surface area contributed by atoms with E-state index in [2.05, 4.69) is 20.5 Å². The molecule has 0 atom stereocenters. The number of rotatable bonds is 7. The molecule has 10 heteroatoms. The number of imidazole rings is 1. The normalized spacial score (nSPS) is 11.3. The molecule has 0 saturated carbocycles. The molecule has 0 aliphatic heterocycles. The average Bonchev–Trinajstić information content (AvgIpc) is 3.38. The van der Waals surface area contributed by atoms with E-state index >= 15 is 0 Å². The van der Waals surface area contributed by atoms with Crippen LogP contribution in [-0.2, 0) is 16.0 Å². The molecule has 156 valence electrons. The summed E-state index contributed by atoms with van der Waals surface area (Å²) in [6, 6.07) is 7.75. The summed E-state index contributed by atoms with van der Waals surface area (Å²) in [6.45, 7) is 5.95. The number of para-hydroxylation sites is 2. The van der Waals surface area contributed by atoms with Crippen molar-refractivity contribution < 1.29 is 14.3 Å². The summed E-state index contributed by atoms with van der Waals surface area (Å²) in [7, 11) is 0. The Hall–Kier alpha value is -2.85. The Bertz CT molecular complexity index is 1240. The van der Waals surface area contributed by atoms with Crippen LogP contribution in [0.15, 0.2) is 29.4 Å². The molecule has 0 fully saturated rings. The van der Waals surface area contributed by atoms with Crippen LogP contribution < -0.4 is 5.32 Å². The number of fused-ring (bicyclic) bond motifs is 3. The quantitative estimate of drug-likeness (QED) is 0.330. The van der Waals surface area contributed by atoms with Gasteiger partial charge >= 0.3 is 5.97 Å². The third-order valence-electron chi connectivity index (χ3n) is 4.64. The van der Waals surface area contributed by atoms with E-state index in [1.54, 1.807) is 6.92 Å². The molecule has 4 aromatic rings. The molecule has 1 aromatic carbocycles. The highest BCUT2D eigenvalue weighted by Gasteiger charge is 2.23. The van der Waals surface area contributed by atoms with Crippen LogP contribution in [0.1, 0.15) is 34.6 Å². The second kappa shape index (κ2) is 8.49. The van der Waals surface area contributed by atoms with Gasteiger partial charge in [0, 0.05) is 4.88 Å². The van der Waals surface area contributed by atoms with Crippen molar-refractivity contribution in [3.8, 4) is 0 Å². The Morgan fingerprint density at radius 1 is 1.30 bits per heavy atom. The lowest BCUT2D eigenvalue weighted by molar-refractivity contribution is -0.113. The van der Waals surface area contributed by atoms with Crippen LogP contribution in [0.25, 0.3) is 16.8 Å². The van der Waals surface area contributed by atoms with E-state index in [4.69, 9.17) is 4.74 Å². The number of H-pyrrole nitrogens is 1. The minimum absolute atomic E-state index is 0.146. The number of esters is 1. The van der Waals surface area contributed by atoms with Crippen molar-refractivity contribution in [2.75, 3.05) is 17.7 Å². The van der Waals surface area contributed by atoms with E-state index < -0.39 is 5.97 Å². The number of thiophene rings is 1. The van der Waals surface area contributed by atoms with Crippen LogP contribution in [0.4, 0.5) is 5.00 Å². The largest absolute Gasteiger partial charge is 0.462 e. The number of carbonyl (C=O) groups excluding carboxylic acids is 2. The number of ether oxygens (including phenoxy) is 1. The lowest BCUT2D eigenvalue weighted by Crippen LogP contribution is -2.16.